The van der Waals surface area contributed by atoms with E-state index in [2.05, 4.69) is 71.6 Å². The van der Waals surface area contributed by atoms with Crippen LogP contribution in [0, 0.1) is 0 Å². The first-order valence-electron chi connectivity index (χ1n) is 8.00. The maximum atomic E-state index is 4.28. The van der Waals surface area contributed by atoms with Crippen molar-refractivity contribution in [1.29, 1.82) is 0 Å². The lowest BCUT2D eigenvalue weighted by molar-refractivity contribution is 0.219. The van der Waals surface area contributed by atoms with Crippen LogP contribution < -0.4 is 10.6 Å². The van der Waals surface area contributed by atoms with Gasteiger partial charge >= 0.3 is 0 Å². The largest absolute Gasteiger partial charge is 0.356 e. The molecular weight excluding hydrogens is 387 g/mol. The molecule has 0 saturated carbocycles. The van der Waals surface area contributed by atoms with Crippen molar-refractivity contribution in [2.24, 2.45) is 4.99 Å². The molecule has 126 valence electrons. The second-order valence-electron chi connectivity index (χ2n) is 5.03. The summed E-state index contributed by atoms with van der Waals surface area (Å²) in [6, 6.07) is 11.0. The molecule has 5 heteroatoms. The van der Waals surface area contributed by atoms with E-state index < -0.39 is 0 Å². The van der Waals surface area contributed by atoms with Gasteiger partial charge in [0.15, 0.2) is 5.96 Å². The van der Waals surface area contributed by atoms with Gasteiger partial charge in [0.1, 0.15) is 0 Å². The summed E-state index contributed by atoms with van der Waals surface area (Å²) >= 11 is 0. The van der Waals surface area contributed by atoms with Gasteiger partial charge in [0.2, 0.25) is 0 Å². The highest BCUT2D eigenvalue weighted by molar-refractivity contribution is 14.0. The van der Waals surface area contributed by atoms with Crippen LogP contribution in [-0.2, 0) is 0 Å². The Hall–Kier alpha value is -0.820. The Bertz CT molecular complexity index is 404. The monoisotopic (exact) mass is 418 g/mol. The minimum atomic E-state index is 0. The van der Waals surface area contributed by atoms with E-state index in [-0.39, 0.29) is 24.0 Å². The van der Waals surface area contributed by atoms with Crippen LogP contribution in [-0.4, -0.2) is 44.1 Å². The van der Waals surface area contributed by atoms with Crippen molar-refractivity contribution in [3.63, 3.8) is 0 Å². The highest BCUT2D eigenvalue weighted by atomic mass is 127. The number of hydrogen-bond donors (Lipinski definition) is 2. The van der Waals surface area contributed by atoms with E-state index in [4.69, 9.17) is 0 Å². The molecule has 0 radical (unpaired) electrons. The van der Waals surface area contributed by atoms with E-state index in [1.165, 1.54) is 5.56 Å². The number of guanidine groups is 1. The molecule has 1 unspecified atom stereocenters. The topological polar surface area (TPSA) is 39.7 Å². The van der Waals surface area contributed by atoms with Gasteiger partial charge in [0.05, 0.1) is 6.04 Å². The van der Waals surface area contributed by atoms with Gasteiger partial charge in [-0.05, 0) is 25.1 Å². The number of benzene rings is 1. The lowest BCUT2D eigenvalue weighted by Gasteiger charge is -2.30. The SMILES string of the molecule is CCCNC(=NC)NCC(c1ccccc1)N(CC)CC.I. The Kier molecular flexibility index (Phi) is 12.2. The average Bonchev–Trinajstić information content (AvgIpc) is 2.54. The van der Waals surface area contributed by atoms with Crippen LogP contribution in [0.2, 0.25) is 0 Å². The van der Waals surface area contributed by atoms with E-state index in [1.54, 1.807) is 0 Å². The van der Waals surface area contributed by atoms with Crippen LogP contribution in [0.25, 0.3) is 0 Å². The van der Waals surface area contributed by atoms with Gasteiger partial charge in [-0.1, -0.05) is 51.1 Å². The minimum Gasteiger partial charge on any atom is -0.356 e. The third kappa shape index (κ3) is 6.96. The number of likely N-dealkylation sites (N-methyl/N-ethyl adjacent to an activating group) is 1. The van der Waals surface area contributed by atoms with Crippen molar-refractivity contribution < 1.29 is 0 Å². The predicted octanol–water partition coefficient (Wildman–Crippen LogP) is 3.26. The molecule has 0 fully saturated rings. The molecule has 0 aliphatic rings. The standard InChI is InChI=1S/C17H30N4.HI/c1-5-13-19-17(18-4)20-14-16(21(6-2)7-3)15-11-9-8-10-12-15;/h8-12,16H,5-7,13-14H2,1-4H3,(H2,18,19,20);1H. The quantitative estimate of drug-likeness (QED) is 0.387. The second-order valence-corrected chi connectivity index (χ2v) is 5.03. The van der Waals surface area contributed by atoms with E-state index in [1.807, 2.05) is 7.05 Å². The fourth-order valence-electron chi connectivity index (χ4n) is 2.45. The fourth-order valence-corrected chi connectivity index (χ4v) is 2.45. The van der Waals surface area contributed by atoms with Gasteiger partial charge in [0.25, 0.3) is 0 Å². The van der Waals surface area contributed by atoms with E-state index in [0.717, 1.165) is 38.6 Å². The Morgan fingerprint density at radius 1 is 1.09 bits per heavy atom. The maximum absolute atomic E-state index is 4.28. The molecule has 0 amide bonds. The maximum Gasteiger partial charge on any atom is 0.191 e. The van der Waals surface area contributed by atoms with E-state index >= 15 is 0 Å². The summed E-state index contributed by atoms with van der Waals surface area (Å²) in [5, 5.41) is 6.77. The van der Waals surface area contributed by atoms with Crippen LogP contribution in [0.4, 0.5) is 0 Å². The second kappa shape index (κ2) is 12.7. The molecule has 1 rings (SSSR count). The average molecular weight is 418 g/mol. The van der Waals surface area contributed by atoms with Crippen LogP contribution in [0.1, 0.15) is 38.8 Å². The molecule has 1 aromatic carbocycles. The van der Waals surface area contributed by atoms with Crippen molar-refractivity contribution in [2.45, 2.75) is 33.2 Å². The molecule has 0 saturated heterocycles. The first-order chi connectivity index (χ1) is 10.3. The van der Waals surface area contributed by atoms with Crippen molar-refractivity contribution in [3.8, 4) is 0 Å². The molecule has 0 heterocycles. The number of aliphatic imine (C=N–C) groups is 1. The van der Waals surface area contributed by atoms with Crippen molar-refractivity contribution in [2.75, 3.05) is 33.2 Å². The van der Waals surface area contributed by atoms with Gasteiger partial charge in [0, 0.05) is 20.1 Å². The third-order valence-corrected chi connectivity index (χ3v) is 3.67. The first kappa shape index (κ1) is 21.2. The zero-order valence-electron chi connectivity index (χ0n) is 14.3. The smallest absolute Gasteiger partial charge is 0.191 e. The van der Waals surface area contributed by atoms with Crippen molar-refractivity contribution in [1.82, 2.24) is 15.5 Å². The molecule has 4 nitrogen and oxygen atoms in total. The molecule has 0 aromatic heterocycles. The molecule has 0 aliphatic carbocycles. The Balaban J connectivity index is 0.00000441. The van der Waals surface area contributed by atoms with Gasteiger partial charge in [-0.2, -0.15) is 0 Å². The molecule has 0 aliphatic heterocycles. The van der Waals surface area contributed by atoms with Crippen molar-refractivity contribution >= 4 is 29.9 Å². The molecule has 22 heavy (non-hydrogen) atoms. The zero-order chi connectivity index (χ0) is 15.5. The summed E-state index contributed by atoms with van der Waals surface area (Å²) in [5.41, 5.74) is 1.35. The zero-order valence-corrected chi connectivity index (χ0v) is 16.6. The number of nitrogens with zero attached hydrogens (tertiary/aromatic N) is 2. The number of halogens is 1. The molecule has 0 bridgehead atoms. The van der Waals surface area contributed by atoms with Crippen LogP contribution in [0.15, 0.2) is 35.3 Å². The lowest BCUT2D eigenvalue weighted by Crippen LogP contribution is -2.43. The number of rotatable bonds is 8. The number of nitrogens with one attached hydrogen (secondary N) is 2. The summed E-state index contributed by atoms with van der Waals surface area (Å²) in [5.74, 6) is 0.880. The molecule has 1 aromatic rings. The van der Waals surface area contributed by atoms with Crippen molar-refractivity contribution in [3.05, 3.63) is 35.9 Å². The lowest BCUT2D eigenvalue weighted by atomic mass is 10.1. The highest BCUT2D eigenvalue weighted by Crippen LogP contribution is 2.19. The van der Waals surface area contributed by atoms with Gasteiger partial charge in [-0.25, -0.2) is 0 Å². The summed E-state index contributed by atoms with van der Waals surface area (Å²) in [4.78, 5) is 6.75. The summed E-state index contributed by atoms with van der Waals surface area (Å²) in [6.45, 7) is 10.5. The molecule has 2 N–H and O–H groups in total. The van der Waals surface area contributed by atoms with Crippen LogP contribution in [0.5, 0.6) is 0 Å². The Labute approximate surface area is 152 Å². The summed E-state index contributed by atoms with van der Waals surface area (Å²) in [7, 11) is 1.82. The summed E-state index contributed by atoms with van der Waals surface area (Å²) < 4.78 is 0. The highest BCUT2D eigenvalue weighted by Gasteiger charge is 2.17. The molecule has 0 spiro atoms. The predicted molar refractivity (Wildman–Crippen MR) is 107 cm³/mol. The van der Waals surface area contributed by atoms with Crippen LogP contribution >= 0.6 is 24.0 Å². The Morgan fingerprint density at radius 2 is 1.73 bits per heavy atom. The first-order valence-corrected chi connectivity index (χ1v) is 8.00. The van der Waals surface area contributed by atoms with E-state index in [9.17, 15) is 0 Å². The molecular formula is C17H31IN4. The van der Waals surface area contributed by atoms with Gasteiger partial charge in [-0.15, -0.1) is 24.0 Å². The third-order valence-electron chi connectivity index (χ3n) is 3.67. The number of hydrogen-bond acceptors (Lipinski definition) is 2. The van der Waals surface area contributed by atoms with Gasteiger partial charge < -0.3 is 10.6 Å². The minimum absolute atomic E-state index is 0. The van der Waals surface area contributed by atoms with E-state index in [0.29, 0.717) is 6.04 Å². The Morgan fingerprint density at radius 3 is 2.23 bits per heavy atom. The van der Waals surface area contributed by atoms with Gasteiger partial charge in [-0.3, -0.25) is 9.89 Å². The normalized spacial score (nSPS) is 12.7. The molecule has 1 atom stereocenters. The fraction of sp³-hybridized carbons (Fsp3) is 0.588. The van der Waals surface area contributed by atoms with Crippen LogP contribution in [0.3, 0.4) is 0 Å². The summed E-state index contributed by atoms with van der Waals surface area (Å²) in [6.07, 6.45) is 1.10.